The second kappa shape index (κ2) is 4.87. The first-order chi connectivity index (χ1) is 8.11. The van der Waals surface area contributed by atoms with Crippen LogP contribution in [0.4, 0.5) is 0 Å². The minimum Gasteiger partial charge on any atom is -0.468 e. The van der Waals surface area contributed by atoms with Gasteiger partial charge in [-0.3, -0.25) is 9.69 Å². The van der Waals surface area contributed by atoms with Crippen molar-refractivity contribution in [3.8, 4) is 0 Å². The van der Waals surface area contributed by atoms with E-state index in [1.165, 1.54) is 7.11 Å². The molecule has 1 aromatic rings. The highest BCUT2D eigenvalue weighted by Gasteiger charge is 2.35. The van der Waals surface area contributed by atoms with Gasteiger partial charge in [0.15, 0.2) is 0 Å². The summed E-state index contributed by atoms with van der Waals surface area (Å²) in [4.78, 5) is 13.7. The zero-order valence-electron chi connectivity index (χ0n) is 10.5. The Morgan fingerprint density at radius 3 is 2.88 bits per heavy atom. The van der Waals surface area contributed by atoms with Gasteiger partial charge in [-0.2, -0.15) is 0 Å². The quantitative estimate of drug-likeness (QED) is 0.728. The molecule has 1 unspecified atom stereocenters. The molecule has 17 heavy (non-hydrogen) atoms. The van der Waals surface area contributed by atoms with Gasteiger partial charge in [0.25, 0.3) is 0 Å². The molecule has 1 atom stereocenters. The van der Waals surface area contributed by atoms with Crippen LogP contribution in [-0.4, -0.2) is 35.2 Å². The molecule has 1 heterocycles. The lowest BCUT2D eigenvalue weighted by atomic mass is 10.2. The molecule has 1 saturated carbocycles. The van der Waals surface area contributed by atoms with Gasteiger partial charge in [0.05, 0.1) is 12.8 Å². The summed E-state index contributed by atoms with van der Waals surface area (Å²) in [6.45, 7) is 4.37. The van der Waals surface area contributed by atoms with E-state index in [-0.39, 0.29) is 12.0 Å². The van der Waals surface area contributed by atoms with Crippen molar-refractivity contribution in [3.05, 3.63) is 17.5 Å². The van der Waals surface area contributed by atoms with Crippen molar-refractivity contribution >= 4 is 5.97 Å². The number of esters is 1. The Hall–Kier alpha value is -1.36. The first kappa shape index (κ1) is 12.1. The summed E-state index contributed by atoms with van der Waals surface area (Å²) in [7, 11) is 1.42. The maximum absolute atomic E-state index is 11.6. The van der Waals surface area contributed by atoms with E-state index in [0.29, 0.717) is 12.6 Å². The van der Waals surface area contributed by atoms with Gasteiger partial charge in [-0.25, -0.2) is 0 Å². The number of carbonyl (C=O) groups is 1. The summed E-state index contributed by atoms with van der Waals surface area (Å²) in [6.07, 6.45) is 2.27. The van der Waals surface area contributed by atoms with Crippen LogP contribution in [0, 0.1) is 6.92 Å². The third kappa shape index (κ3) is 2.85. The highest BCUT2D eigenvalue weighted by molar-refractivity contribution is 5.75. The van der Waals surface area contributed by atoms with Gasteiger partial charge < -0.3 is 9.26 Å². The molecule has 0 spiro atoms. The number of nitrogens with zero attached hydrogens (tertiary/aromatic N) is 2. The van der Waals surface area contributed by atoms with Crippen molar-refractivity contribution in [2.45, 2.75) is 45.3 Å². The highest BCUT2D eigenvalue weighted by atomic mass is 16.5. The maximum Gasteiger partial charge on any atom is 0.322 e. The highest BCUT2D eigenvalue weighted by Crippen LogP contribution is 2.30. The molecule has 94 valence electrons. The van der Waals surface area contributed by atoms with Crippen LogP contribution in [0.1, 0.15) is 31.2 Å². The average Bonchev–Trinajstić information content (AvgIpc) is 3.08. The summed E-state index contributed by atoms with van der Waals surface area (Å²) >= 11 is 0. The molecule has 5 heteroatoms. The first-order valence-electron chi connectivity index (χ1n) is 5.87. The van der Waals surface area contributed by atoms with Crippen molar-refractivity contribution in [1.82, 2.24) is 10.1 Å². The molecule has 0 radical (unpaired) electrons. The fraction of sp³-hybridized carbons (Fsp3) is 0.667. The number of methoxy groups -OCH3 is 1. The molecule has 1 fully saturated rings. The van der Waals surface area contributed by atoms with Crippen LogP contribution in [0.2, 0.25) is 0 Å². The van der Waals surface area contributed by atoms with Crippen molar-refractivity contribution < 1.29 is 14.1 Å². The summed E-state index contributed by atoms with van der Waals surface area (Å²) in [5, 5.41) is 3.96. The molecule has 1 aliphatic carbocycles. The van der Waals surface area contributed by atoms with Crippen molar-refractivity contribution in [1.29, 1.82) is 0 Å². The number of aryl methyl sites for hydroxylation is 1. The minimum absolute atomic E-state index is 0.197. The van der Waals surface area contributed by atoms with Gasteiger partial charge in [0.2, 0.25) is 0 Å². The number of carbonyl (C=O) groups excluding carboxylic acids is 1. The average molecular weight is 238 g/mol. The summed E-state index contributed by atoms with van der Waals surface area (Å²) in [5.41, 5.74) is 0.866. The van der Waals surface area contributed by atoms with Gasteiger partial charge in [0, 0.05) is 18.7 Å². The van der Waals surface area contributed by atoms with Gasteiger partial charge in [-0.1, -0.05) is 5.16 Å². The van der Waals surface area contributed by atoms with Crippen LogP contribution in [0.5, 0.6) is 0 Å². The van der Waals surface area contributed by atoms with E-state index in [2.05, 4.69) is 10.1 Å². The minimum atomic E-state index is -0.232. The smallest absolute Gasteiger partial charge is 0.322 e. The Morgan fingerprint density at radius 2 is 2.41 bits per heavy atom. The standard InChI is InChI=1S/C12H18N2O3/c1-8-6-10(13-17-8)7-14(11-4-5-11)9(2)12(15)16-3/h6,9,11H,4-5,7H2,1-3H3. The van der Waals surface area contributed by atoms with E-state index in [1.807, 2.05) is 19.9 Å². The topological polar surface area (TPSA) is 55.6 Å². The normalized spacial score (nSPS) is 17.2. The van der Waals surface area contributed by atoms with E-state index in [1.54, 1.807) is 0 Å². The van der Waals surface area contributed by atoms with E-state index in [4.69, 9.17) is 9.26 Å². The predicted molar refractivity (Wildman–Crippen MR) is 61.3 cm³/mol. The fourth-order valence-corrected chi connectivity index (χ4v) is 1.97. The summed E-state index contributed by atoms with van der Waals surface area (Å²) in [6, 6.07) is 2.14. The Kier molecular flexibility index (Phi) is 3.47. The molecule has 2 rings (SSSR count). The van der Waals surface area contributed by atoms with Crippen LogP contribution in [0.15, 0.2) is 10.6 Å². The van der Waals surface area contributed by atoms with Gasteiger partial charge in [0.1, 0.15) is 11.8 Å². The maximum atomic E-state index is 11.6. The molecule has 0 aromatic carbocycles. The SMILES string of the molecule is COC(=O)C(C)N(Cc1cc(C)on1)C1CC1. The number of hydrogen-bond acceptors (Lipinski definition) is 5. The number of hydrogen-bond donors (Lipinski definition) is 0. The Morgan fingerprint density at radius 1 is 1.71 bits per heavy atom. The lowest BCUT2D eigenvalue weighted by Gasteiger charge is -2.25. The Labute approximate surface area is 101 Å². The monoisotopic (exact) mass is 238 g/mol. The fourth-order valence-electron chi connectivity index (χ4n) is 1.97. The lowest BCUT2D eigenvalue weighted by Crippen LogP contribution is -2.40. The van der Waals surface area contributed by atoms with Crippen LogP contribution in [-0.2, 0) is 16.1 Å². The van der Waals surface area contributed by atoms with Crippen molar-refractivity contribution in [2.75, 3.05) is 7.11 Å². The van der Waals surface area contributed by atoms with Gasteiger partial charge in [-0.15, -0.1) is 0 Å². The molecule has 0 amide bonds. The molecule has 1 aliphatic rings. The molecule has 0 aliphatic heterocycles. The van der Waals surface area contributed by atoms with E-state index < -0.39 is 0 Å². The van der Waals surface area contributed by atoms with Crippen LogP contribution in [0.3, 0.4) is 0 Å². The Bertz CT molecular complexity index is 398. The van der Waals surface area contributed by atoms with Crippen molar-refractivity contribution in [2.24, 2.45) is 0 Å². The third-order valence-electron chi connectivity index (χ3n) is 3.08. The molecule has 0 saturated heterocycles. The zero-order valence-corrected chi connectivity index (χ0v) is 10.5. The number of aromatic nitrogens is 1. The first-order valence-corrected chi connectivity index (χ1v) is 5.87. The zero-order chi connectivity index (χ0) is 12.4. The van der Waals surface area contributed by atoms with Crippen LogP contribution < -0.4 is 0 Å². The third-order valence-corrected chi connectivity index (χ3v) is 3.08. The molecule has 1 aromatic heterocycles. The molecule has 5 nitrogen and oxygen atoms in total. The van der Waals surface area contributed by atoms with Crippen LogP contribution in [0.25, 0.3) is 0 Å². The second-order valence-corrected chi connectivity index (χ2v) is 4.53. The predicted octanol–water partition coefficient (Wildman–Crippen LogP) is 1.51. The molecular formula is C12H18N2O3. The van der Waals surface area contributed by atoms with E-state index in [9.17, 15) is 4.79 Å². The number of ether oxygens (including phenoxy) is 1. The lowest BCUT2D eigenvalue weighted by molar-refractivity contribution is -0.146. The second-order valence-electron chi connectivity index (χ2n) is 4.53. The summed E-state index contributed by atoms with van der Waals surface area (Å²) in [5.74, 6) is 0.596. The Balaban J connectivity index is 2.04. The van der Waals surface area contributed by atoms with Gasteiger partial charge >= 0.3 is 5.97 Å². The molecule has 0 N–H and O–H groups in total. The van der Waals surface area contributed by atoms with Crippen molar-refractivity contribution in [3.63, 3.8) is 0 Å². The van der Waals surface area contributed by atoms with Crippen LogP contribution >= 0.6 is 0 Å². The molecule has 0 bridgehead atoms. The largest absolute Gasteiger partial charge is 0.468 e. The summed E-state index contributed by atoms with van der Waals surface area (Å²) < 4.78 is 9.83. The van der Waals surface area contributed by atoms with E-state index >= 15 is 0 Å². The molecular weight excluding hydrogens is 220 g/mol. The number of rotatable bonds is 5. The van der Waals surface area contributed by atoms with E-state index in [0.717, 1.165) is 24.3 Å². The van der Waals surface area contributed by atoms with Gasteiger partial charge in [-0.05, 0) is 26.7 Å².